The molecule has 0 saturated carbocycles. The smallest absolute Gasteiger partial charge is 0.410 e. The number of carbonyl (C=O) groups excluding carboxylic acids is 3. The summed E-state index contributed by atoms with van der Waals surface area (Å²) in [6, 6.07) is -0.478. The van der Waals surface area contributed by atoms with Crippen LogP contribution in [0.25, 0.3) is 0 Å². The van der Waals surface area contributed by atoms with E-state index in [-0.39, 0.29) is 23.3 Å². The van der Waals surface area contributed by atoms with Crippen LogP contribution in [-0.2, 0) is 14.3 Å². The summed E-state index contributed by atoms with van der Waals surface area (Å²) < 4.78 is 10.8. The molecular weight excluding hydrogens is 396 g/mol. The number of nitrogens with zero attached hydrogens (tertiary/aromatic N) is 2. The van der Waals surface area contributed by atoms with Gasteiger partial charge in [-0.3, -0.25) is 4.79 Å². The zero-order valence-electron chi connectivity index (χ0n) is 18.9. The Balaban J connectivity index is 2.77. The molecule has 9 heteroatoms. The molecule has 1 rings (SSSR count). The number of ether oxygens (including phenoxy) is 2. The maximum absolute atomic E-state index is 12.6. The van der Waals surface area contributed by atoms with Gasteiger partial charge in [0.1, 0.15) is 11.2 Å². The van der Waals surface area contributed by atoms with E-state index in [1.807, 2.05) is 0 Å². The summed E-state index contributed by atoms with van der Waals surface area (Å²) in [7, 11) is 1.61. The third-order valence-corrected chi connectivity index (χ3v) is 5.18. The Morgan fingerprint density at radius 3 is 2.17 bits per heavy atom. The summed E-state index contributed by atoms with van der Waals surface area (Å²) in [5.74, 6) is 0. The molecule has 0 aromatic carbocycles. The minimum atomic E-state index is -0.857. The fraction of sp³-hybridized carbons (Fsp3) is 0.850. The van der Waals surface area contributed by atoms with Crippen LogP contribution in [0, 0.1) is 0 Å². The molecule has 2 amide bonds. The molecule has 29 heavy (non-hydrogen) atoms. The fourth-order valence-corrected chi connectivity index (χ4v) is 3.99. The highest BCUT2D eigenvalue weighted by Gasteiger charge is 2.41. The minimum Gasteiger partial charge on any atom is -0.444 e. The number of hydrogen-bond donors (Lipinski definition) is 1. The molecule has 0 unspecified atom stereocenters. The van der Waals surface area contributed by atoms with Crippen molar-refractivity contribution >= 4 is 29.1 Å². The van der Waals surface area contributed by atoms with Crippen LogP contribution in [0.2, 0.25) is 0 Å². The van der Waals surface area contributed by atoms with Crippen molar-refractivity contribution in [1.29, 1.82) is 0 Å². The lowest BCUT2D eigenvalue weighted by Gasteiger charge is -2.31. The number of rotatable bonds is 5. The third-order valence-electron chi connectivity index (χ3n) is 4.18. The van der Waals surface area contributed by atoms with Crippen molar-refractivity contribution < 1.29 is 29.0 Å². The first-order valence-corrected chi connectivity index (χ1v) is 10.8. The highest BCUT2D eigenvalue weighted by atomic mass is 32.2. The molecule has 3 atom stereocenters. The van der Waals surface area contributed by atoms with Crippen LogP contribution in [0.4, 0.5) is 9.59 Å². The Morgan fingerprint density at radius 1 is 1.14 bits per heavy atom. The summed E-state index contributed by atoms with van der Waals surface area (Å²) >= 11 is 1.17. The average Bonchev–Trinajstić information content (AvgIpc) is 2.92. The van der Waals surface area contributed by atoms with Gasteiger partial charge in [-0.25, -0.2) is 9.59 Å². The lowest BCUT2D eigenvalue weighted by molar-refractivity contribution is -0.109. The van der Waals surface area contributed by atoms with E-state index in [1.54, 1.807) is 48.6 Å². The largest absolute Gasteiger partial charge is 0.444 e. The topological polar surface area (TPSA) is 96.4 Å². The molecule has 0 aliphatic carbocycles. The predicted molar refractivity (Wildman–Crippen MR) is 113 cm³/mol. The number of likely N-dealkylation sites (tertiary alicyclic amines) is 1. The highest BCUT2D eigenvalue weighted by Crippen LogP contribution is 2.32. The van der Waals surface area contributed by atoms with E-state index in [2.05, 4.69) is 0 Å². The first kappa shape index (κ1) is 25.6. The predicted octanol–water partition coefficient (Wildman–Crippen LogP) is 3.26. The lowest BCUT2D eigenvalue weighted by Crippen LogP contribution is -2.46. The van der Waals surface area contributed by atoms with Crippen molar-refractivity contribution in [1.82, 2.24) is 9.80 Å². The molecule has 1 aliphatic heterocycles. The van der Waals surface area contributed by atoms with Gasteiger partial charge < -0.3 is 24.4 Å². The maximum Gasteiger partial charge on any atom is 0.410 e. The fourth-order valence-electron chi connectivity index (χ4n) is 2.99. The summed E-state index contributed by atoms with van der Waals surface area (Å²) in [5, 5.41) is 10.6. The van der Waals surface area contributed by atoms with Gasteiger partial charge in [0, 0.05) is 32.3 Å². The van der Waals surface area contributed by atoms with Crippen LogP contribution >= 0.6 is 11.8 Å². The van der Waals surface area contributed by atoms with Gasteiger partial charge in [-0.05, 0) is 54.4 Å². The van der Waals surface area contributed by atoms with Crippen molar-refractivity contribution in [2.45, 2.75) is 89.9 Å². The van der Waals surface area contributed by atoms with E-state index in [4.69, 9.17) is 9.47 Å². The number of aliphatic hydroxyl groups excluding tert-OH is 1. The normalized spacial score (nSPS) is 20.9. The van der Waals surface area contributed by atoms with Crippen molar-refractivity contribution in [2.75, 3.05) is 20.1 Å². The van der Waals surface area contributed by atoms with E-state index < -0.39 is 35.5 Å². The summed E-state index contributed by atoms with van der Waals surface area (Å²) in [6.45, 7) is 12.8. The number of hydrogen-bond acceptors (Lipinski definition) is 7. The molecule has 0 aromatic rings. The van der Waals surface area contributed by atoms with Crippen LogP contribution in [0.5, 0.6) is 0 Å². The van der Waals surface area contributed by atoms with E-state index >= 15 is 0 Å². The van der Waals surface area contributed by atoms with Crippen LogP contribution in [0.15, 0.2) is 0 Å². The Kier molecular flexibility index (Phi) is 8.83. The standard InChI is InChI=1S/C20H36N2O6S/c1-13(23)29-14-11-15(22(12-14)18(26)28-20(5,6)7)16(24)9-10-21(8)17(25)27-19(2,3)4/h14-16,24H,9-12H2,1-8H3/t14-,15-,16+/m0/s1. The summed E-state index contributed by atoms with van der Waals surface area (Å²) in [4.78, 5) is 39.1. The Bertz CT molecular complexity index is 599. The van der Waals surface area contributed by atoms with Gasteiger partial charge in [0.25, 0.3) is 0 Å². The van der Waals surface area contributed by atoms with Gasteiger partial charge in [0.05, 0.1) is 12.1 Å². The van der Waals surface area contributed by atoms with Crippen molar-refractivity contribution in [3.8, 4) is 0 Å². The third kappa shape index (κ3) is 9.25. The zero-order chi connectivity index (χ0) is 22.6. The monoisotopic (exact) mass is 432 g/mol. The highest BCUT2D eigenvalue weighted by molar-refractivity contribution is 8.14. The van der Waals surface area contributed by atoms with Gasteiger partial charge >= 0.3 is 12.2 Å². The maximum atomic E-state index is 12.6. The number of thioether (sulfide) groups is 1. The first-order chi connectivity index (χ1) is 13.1. The molecule has 0 spiro atoms. The second-order valence-corrected chi connectivity index (χ2v) is 10.9. The van der Waals surface area contributed by atoms with E-state index in [0.717, 1.165) is 0 Å². The Hall–Kier alpha value is -1.48. The molecule has 1 heterocycles. The van der Waals surface area contributed by atoms with Gasteiger partial charge in [-0.1, -0.05) is 11.8 Å². The van der Waals surface area contributed by atoms with Gasteiger partial charge in [0.15, 0.2) is 5.12 Å². The minimum absolute atomic E-state index is 0.0288. The second-order valence-electron chi connectivity index (χ2n) is 9.43. The van der Waals surface area contributed by atoms with Crippen molar-refractivity contribution in [3.05, 3.63) is 0 Å². The van der Waals surface area contributed by atoms with Gasteiger partial charge in [-0.2, -0.15) is 0 Å². The van der Waals surface area contributed by atoms with Crippen LogP contribution in [0.1, 0.15) is 61.3 Å². The molecule has 0 radical (unpaired) electrons. The SMILES string of the molecule is CC(=O)S[C@H]1C[C@@H]([C@H](O)CCN(C)C(=O)OC(C)(C)C)N(C(=O)OC(C)(C)C)C1. The van der Waals surface area contributed by atoms with E-state index in [0.29, 0.717) is 13.0 Å². The van der Waals surface area contributed by atoms with E-state index in [9.17, 15) is 19.5 Å². The molecule has 8 nitrogen and oxygen atoms in total. The van der Waals surface area contributed by atoms with Gasteiger partial charge in [-0.15, -0.1) is 0 Å². The molecule has 168 valence electrons. The molecular formula is C20H36N2O6S. The molecule has 1 aliphatic rings. The van der Waals surface area contributed by atoms with Crippen molar-refractivity contribution in [3.63, 3.8) is 0 Å². The number of amides is 2. The Morgan fingerprint density at radius 2 is 1.69 bits per heavy atom. The van der Waals surface area contributed by atoms with Gasteiger partial charge in [0.2, 0.25) is 0 Å². The molecule has 0 bridgehead atoms. The summed E-state index contributed by atoms with van der Waals surface area (Å²) in [5.41, 5.74) is -1.25. The molecule has 1 fully saturated rings. The van der Waals surface area contributed by atoms with E-state index in [1.165, 1.54) is 28.5 Å². The Labute approximate surface area is 178 Å². The van der Waals surface area contributed by atoms with Crippen LogP contribution < -0.4 is 0 Å². The molecule has 0 aromatic heterocycles. The zero-order valence-corrected chi connectivity index (χ0v) is 19.7. The van der Waals surface area contributed by atoms with Crippen LogP contribution in [0.3, 0.4) is 0 Å². The number of aliphatic hydroxyl groups is 1. The first-order valence-electron chi connectivity index (χ1n) is 9.88. The lowest BCUT2D eigenvalue weighted by atomic mass is 10.1. The average molecular weight is 433 g/mol. The van der Waals surface area contributed by atoms with Crippen molar-refractivity contribution in [2.24, 2.45) is 0 Å². The second kappa shape index (κ2) is 10.0. The molecule has 1 saturated heterocycles. The summed E-state index contributed by atoms with van der Waals surface area (Å²) in [6.07, 6.45) is -1.07. The molecule has 1 N–H and O–H groups in total. The van der Waals surface area contributed by atoms with Crippen LogP contribution in [-0.4, -0.2) is 80.9 Å². The quantitative estimate of drug-likeness (QED) is 0.712. The number of carbonyl (C=O) groups is 3.